The van der Waals surface area contributed by atoms with Gasteiger partial charge in [0.05, 0.1) is 6.10 Å². The van der Waals surface area contributed by atoms with Gasteiger partial charge in [0.15, 0.2) is 0 Å². The molecule has 78 valence electrons. The van der Waals surface area contributed by atoms with Crippen LogP contribution in [0.2, 0.25) is 18.6 Å². The van der Waals surface area contributed by atoms with Crippen molar-refractivity contribution in [1.29, 1.82) is 0 Å². The molecular formula is C9H20O3Si. The second-order valence-electron chi connectivity index (χ2n) is 3.68. The summed E-state index contributed by atoms with van der Waals surface area (Å²) in [6.45, 7) is 9.79. The molecule has 0 fully saturated rings. The Bertz CT molecular complexity index is 164. The molecule has 0 bridgehead atoms. The van der Waals surface area contributed by atoms with E-state index >= 15 is 0 Å². The molecule has 4 heteroatoms. The van der Waals surface area contributed by atoms with Gasteiger partial charge in [-0.3, -0.25) is 0 Å². The van der Waals surface area contributed by atoms with Gasteiger partial charge in [-0.25, -0.2) is 4.79 Å². The average Bonchev–Trinajstić information content (AvgIpc) is 2.02. The summed E-state index contributed by atoms with van der Waals surface area (Å²) in [6.07, 6.45) is -0.604. The van der Waals surface area contributed by atoms with Gasteiger partial charge in [-0.2, -0.15) is 0 Å². The van der Waals surface area contributed by atoms with Crippen LogP contribution in [0.15, 0.2) is 0 Å². The maximum atomic E-state index is 11.2. The van der Waals surface area contributed by atoms with Crippen molar-refractivity contribution in [2.24, 2.45) is 0 Å². The summed E-state index contributed by atoms with van der Waals surface area (Å²) >= 11 is 0. The third kappa shape index (κ3) is 4.93. The Morgan fingerprint density at radius 2 is 1.77 bits per heavy atom. The van der Waals surface area contributed by atoms with Gasteiger partial charge in [0.2, 0.25) is 0 Å². The van der Waals surface area contributed by atoms with Crippen molar-refractivity contribution in [2.45, 2.75) is 52.4 Å². The molecular weight excluding hydrogens is 184 g/mol. The lowest BCUT2D eigenvalue weighted by Gasteiger charge is -2.24. The van der Waals surface area contributed by atoms with E-state index in [-0.39, 0.29) is 6.10 Å². The van der Waals surface area contributed by atoms with Gasteiger partial charge in [-0.05, 0) is 32.5 Å². The molecule has 3 nitrogen and oxygen atoms in total. The zero-order valence-corrected chi connectivity index (χ0v) is 10.2. The van der Waals surface area contributed by atoms with Gasteiger partial charge in [0.25, 0.3) is 8.32 Å². The van der Waals surface area contributed by atoms with Gasteiger partial charge in [0, 0.05) is 0 Å². The molecule has 0 rings (SSSR count). The van der Waals surface area contributed by atoms with E-state index in [1.807, 2.05) is 13.8 Å². The fourth-order valence-corrected chi connectivity index (χ4v) is 2.05. The maximum Gasteiger partial charge on any atom is 0.494 e. The summed E-state index contributed by atoms with van der Waals surface area (Å²) in [5.41, 5.74) is 0. The molecule has 0 aliphatic carbocycles. The summed E-state index contributed by atoms with van der Waals surface area (Å²) in [5.74, 6) is 0. The van der Waals surface area contributed by atoms with Crippen molar-refractivity contribution in [3.8, 4) is 0 Å². The topological polar surface area (TPSA) is 35.5 Å². The minimum atomic E-state index is -1.80. The second-order valence-corrected chi connectivity index (χ2v) is 8.19. The first kappa shape index (κ1) is 12.5. The summed E-state index contributed by atoms with van der Waals surface area (Å²) in [7, 11) is -1.80. The summed E-state index contributed by atoms with van der Waals surface area (Å²) < 4.78 is 10.2. The van der Waals surface area contributed by atoms with E-state index in [4.69, 9.17) is 9.16 Å². The number of rotatable bonds is 4. The molecule has 0 N–H and O–H groups in total. The van der Waals surface area contributed by atoms with Crippen LogP contribution >= 0.6 is 0 Å². The van der Waals surface area contributed by atoms with E-state index in [9.17, 15) is 4.79 Å². The Labute approximate surface area is 81.6 Å². The normalized spacial score (nSPS) is 11.5. The molecule has 0 aliphatic heterocycles. The van der Waals surface area contributed by atoms with Gasteiger partial charge in [-0.15, -0.1) is 0 Å². The molecule has 0 unspecified atom stereocenters. The van der Waals surface area contributed by atoms with Crippen LogP contribution in [-0.2, 0) is 9.16 Å². The SMILES string of the molecule is CC[Si](C)(CC)OC(=O)OC(C)C. The largest absolute Gasteiger partial charge is 0.494 e. The molecule has 0 spiro atoms. The number of ether oxygens (including phenoxy) is 1. The summed E-state index contributed by atoms with van der Waals surface area (Å²) in [4.78, 5) is 11.2. The van der Waals surface area contributed by atoms with E-state index < -0.39 is 14.5 Å². The molecule has 0 heterocycles. The molecule has 0 aliphatic rings. The third-order valence-electron chi connectivity index (χ3n) is 2.16. The number of hydrogen-bond acceptors (Lipinski definition) is 3. The van der Waals surface area contributed by atoms with Crippen LogP contribution in [0, 0.1) is 0 Å². The summed E-state index contributed by atoms with van der Waals surface area (Å²) in [5, 5.41) is 0. The van der Waals surface area contributed by atoms with Crippen molar-refractivity contribution in [3.63, 3.8) is 0 Å². The highest BCUT2D eigenvalue weighted by molar-refractivity contribution is 6.73. The molecule has 0 aromatic carbocycles. The molecule has 0 saturated heterocycles. The van der Waals surface area contributed by atoms with Gasteiger partial charge >= 0.3 is 6.16 Å². The molecule has 0 saturated carbocycles. The smallest absolute Gasteiger partial charge is 0.489 e. The highest BCUT2D eigenvalue weighted by Crippen LogP contribution is 2.17. The fraction of sp³-hybridized carbons (Fsp3) is 0.889. The van der Waals surface area contributed by atoms with Crippen molar-refractivity contribution >= 4 is 14.5 Å². The van der Waals surface area contributed by atoms with Crippen molar-refractivity contribution in [1.82, 2.24) is 0 Å². The zero-order chi connectivity index (χ0) is 10.5. The molecule has 0 radical (unpaired) electrons. The zero-order valence-electron chi connectivity index (χ0n) is 9.22. The van der Waals surface area contributed by atoms with Crippen molar-refractivity contribution < 1.29 is 14.0 Å². The van der Waals surface area contributed by atoms with Crippen LogP contribution < -0.4 is 0 Å². The Morgan fingerprint density at radius 3 is 2.08 bits per heavy atom. The van der Waals surface area contributed by atoms with Crippen LogP contribution in [-0.4, -0.2) is 20.6 Å². The number of carbonyl (C=O) groups excluding carboxylic acids is 1. The quantitative estimate of drug-likeness (QED) is 0.521. The Hall–Kier alpha value is -0.513. The minimum Gasteiger partial charge on any atom is -0.489 e. The lowest BCUT2D eigenvalue weighted by Crippen LogP contribution is -2.36. The second kappa shape index (κ2) is 5.27. The predicted molar refractivity (Wildman–Crippen MR) is 55.3 cm³/mol. The lowest BCUT2D eigenvalue weighted by atomic mass is 10.5. The van der Waals surface area contributed by atoms with E-state index in [1.54, 1.807) is 0 Å². The molecule has 0 atom stereocenters. The molecule has 0 amide bonds. The minimum absolute atomic E-state index is 0.0977. The lowest BCUT2D eigenvalue weighted by molar-refractivity contribution is 0.0702. The monoisotopic (exact) mass is 204 g/mol. The van der Waals surface area contributed by atoms with Gasteiger partial charge in [0.1, 0.15) is 0 Å². The van der Waals surface area contributed by atoms with Crippen LogP contribution in [0.25, 0.3) is 0 Å². The highest BCUT2D eigenvalue weighted by Gasteiger charge is 2.29. The molecule has 0 aromatic rings. The Morgan fingerprint density at radius 1 is 1.31 bits per heavy atom. The van der Waals surface area contributed by atoms with Gasteiger partial charge in [-0.1, -0.05) is 13.8 Å². The summed E-state index contributed by atoms with van der Waals surface area (Å²) in [6, 6.07) is 1.88. The van der Waals surface area contributed by atoms with Gasteiger partial charge < -0.3 is 9.16 Å². The Kier molecular flexibility index (Phi) is 5.06. The fourth-order valence-electron chi connectivity index (χ4n) is 0.812. The van der Waals surface area contributed by atoms with E-state index in [2.05, 4.69) is 20.4 Å². The van der Waals surface area contributed by atoms with E-state index in [0.717, 1.165) is 12.1 Å². The van der Waals surface area contributed by atoms with Crippen LogP contribution in [0.3, 0.4) is 0 Å². The third-order valence-corrected chi connectivity index (χ3v) is 5.81. The first-order chi connectivity index (χ1) is 5.93. The first-order valence-corrected chi connectivity index (χ1v) is 7.65. The van der Waals surface area contributed by atoms with Crippen LogP contribution in [0.5, 0.6) is 0 Å². The standard InChI is InChI=1S/C9H20O3Si/c1-6-13(5,7-2)12-9(10)11-8(3)4/h8H,6-7H2,1-5H3. The average molecular weight is 204 g/mol. The van der Waals surface area contributed by atoms with E-state index in [0.29, 0.717) is 0 Å². The predicted octanol–water partition coefficient (Wildman–Crippen LogP) is 3.16. The molecule has 0 aromatic heterocycles. The van der Waals surface area contributed by atoms with Crippen molar-refractivity contribution in [3.05, 3.63) is 0 Å². The van der Waals surface area contributed by atoms with E-state index in [1.165, 1.54) is 0 Å². The highest BCUT2D eigenvalue weighted by atomic mass is 28.4. The maximum absolute atomic E-state index is 11.2. The molecule has 13 heavy (non-hydrogen) atoms. The Balaban J connectivity index is 4.02. The first-order valence-electron chi connectivity index (χ1n) is 4.83. The van der Waals surface area contributed by atoms with Crippen LogP contribution in [0.4, 0.5) is 4.79 Å². The number of hydrogen-bond donors (Lipinski definition) is 0. The number of carbonyl (C=O) groups is 1. The van der Waals surface area contributed by atoms with Crippen LogP contribution in [0.1, 0.15) is 27.7 Å². The van der Waals surface area contributed by atoms with Crippen molar-refractivity contribution in [2.75, 3.05) is 0 Å².